The predicted octanol–water partition coefficient (Wildman–Crippen LogP) is 7.20. The maximum absolute atomic E-state index is 11.4. The number of oxazole rings is 1. The van der Waals surface area contributed by atoms with Gasteiger partial charge in [-0.2, -0.15) is 0 Å². The Bertz CT molecular complexity index is 1350. The number of aryl methyl sites for hydroxylation is 3. The van der Waals surface area contributed by atoms with Gasteiger partial charge in [0.1, 0.15) is 11.5 Å². The Morgan fingerprint density at radius 1 is 1.03 bits per heavy atom. The molecule has 0 aliphatic rings. The summed E-state index contributed by atoms with van der Waals surface area (Å²) in [6, 6.07) is 22.3. The number of ether oxygens (including phenoxy) is 2. The Morgan fingerprint density at radius 2 is 1.81 bits per heavy atom. The monoisotopic (exact) mass is 501 g/mol. The van der Waals surface area contributed by atoms with Gasteiger partial charge < -0.3 is 13.9 Å². The van der Waals surface area contributed by atoms with Gasteiger partial charge in [0.25, 0.3) is 0 Å². The molecule has 0 aliphatic heterocycles. The number of carbonyl (C=O) groups is 1. The number of methoxy groups -OCH3 is 1. The summed E-state index contributed by atoms with van der Waals surface area (Å²) in [6.45, 7) is 6.49. The van der Waals surface area contributed by atoms with E-state index in [1.54, 1.807) is 0 Å². The summed E-state index contributed by atoms with van der Waals surface area (Å²) in [5, 5.41) is 0. The maximum atomic E-state index is 11.4. The van der Waals surface area contributed by atoms with Crippen molar-refractivity contribution in [2.45, 2.75) is 44.4 Å². The third kappa shape index (κ3) is 6.00. The summed E-state index contributed by atoms with van der Waals surface area (Å²) >= 11 is 4.71. The van der Waals surface area contributed by atoms with Crippen molar-refractivity contribution in [3.63, 3.8) is 0 Å². The van der Waals surface area contributed by atoms with Gasteiger partial charge in [-0.05, 0) is 66.8 Å². The molecule has 1 aromatic heterocycles. The van der Waals surface area contributed by atoms with Crippen LogP contribution in [-0.4, -0.2) is 24.7 Å². The standard InChI is InChI=1S/C30H31NO4S/c1-19-16-25(13-10-22(19)12-15-28(32)33-4)34-18-20(2)29-21(3)35-30(31-29)26-14-11-24(17-27(26)36)23-8-6-5-7-9-23/h5-11,13-14,16-17,20,36H,12,15,18H2,1-4H3. The zero-order chi connectivity index (χ0) is 25.7. The van der Waals surface area contributed by atoms with Crippen molar-refractivity contribution in [2.75, 3.05) is 13.7 Å². The van der Waals surface area contributed by atoms with Crippen LogP contribution in [0.5, 0.6) is 5.75 Å². The molecule has 186 valence electrons. The van der Waals surface area contributed by atoms with Gasteiger partial charge in [0, 0.05) is 17.2 Å². The molecule has 3 aromatic carbocycles. The Balaban J connectivity index is 1.43. The molecule has 0 saturated carbocycles. The van der Waals surface area contributed by atoms with Crippen LogP contribution in [0, 0.1) is 13.8 Å². The summed E-state index contributed by atoms with van der Waals surface area (Å²) in [4.78, 5) is 17.0. The Morgan fingerprint density at radius 3 is 2.50 bits per heavy atom. The van der Waals surface area contributed by atoms with E-state index in [0.717, 1.165) is 49.9 Å². The third-order valence-corrected chi connectivity index (χ3v) is 6.64. The molecule has 0 fully saturated rings. The van der Waals surface area contributed by atoms with E-state index in [-0.39, 0.29) is 11.9 Å². The molecule has 0 aliphatic carbocycles. The average Bonchev–Trinajstić information content (AvgIpc) is 3.28. The quantitative estimate of drug-likeness (QED) is 0.194. The number of esters is 1. The number of carbonyl (C=O) groups excluding carboxylic acids is 1. The first kappa shape index (κ1) is 25.6. The van der Waals surface area contributed by atoms with E-state index >= 15 is 0 Å². The highest BCUT2D eigenvalue weighted by Gasteiger charge is 2.19. The number of benzene rings is 3. The molecule has 0 amide bonds. The molecular formula is C30H31NO4S. The van der Waals surface area contributed by atoms with Gasteiger partial charge in [0.2, 0.25) is 5.89 Å². The first-order valence-electron chi connectivity index (χ1n) is 12.0. The molecule has 1 atom stereocenters. The van der Waals surface area contributed by atoms with Crippen molar-refractivity contribution in [1.29, 1.82) is 0 Å². The second-order valence-electron chi connectivity index (χ2n) is 8.93. The molecule has 36 heavy (non-hydrogen) atoms. The SMILES string of the molecule is COC(=O)CCc1ccc(OCC(C)c2nc(-c3ccc(-c4ccccc4)cc3S)oc2C)cc1C. The highest BCUT2D eigenvalue weighted by Crippen LogP contribution is 2.33. The molecule has 0 bridgehead atoms. The van der Waals surface area contributed by atoms with Gasteiger partial charge in [-0.15, -0.1) is 12.6 Å². The van der Waals surface area contributed by atoms with Crippen LogP contribution in [0.2, 0.25) is 0 Å². The third-order valence-electron chi connectivity index (χ3n) is 6.27. The van der Waals surface area contributed by atoms with E-state index in [4.69, 9.17) is 31.5 Å². The molecule has 0 radical (unpaired) electrons. The van der Waals surface area contributed by atoms with Gasteiger partial charge in [0.05, 0.1) is 25.0 Å². The molecule has 4 rings (SSSR count). The van der Waals surface area contributed by atoms with Crippen molar-refractivity contribution in [3.05, 3.63) is 89.3 Å². The normalized spacial score (nSPS) is 11.8. The minimum Gasteiger partial charge on any atom is -0.493 e. The van der Waals surface area contributed by atoms with Crippen LogP contribution in [0.4, 0.5) is 0 Å². The van der Waals surface area contributed by atoms with Gasteiger partial charge >= 0.3 is 5.97 Å². The first-order chi connectivity index (χ1) is 17.4. The van der Waals surface area contributed by atoms with Crippen molar-refractivity contribution in [3.8, 4) is 28.3 Å². The molecule has 0 spiro atoms. The maximum Gasteiger partial charge on any atom is 0.305 e. The van der Waals surface area contributed by atoms with Crippen LogP contribution in [-0.2, 0) is 16.0 Å². The van der Waals surface area contributed by atoms with Crippen molar-refractivity contribution >= 4 is 18.6 Å². The van der Waals surface area contributed by atoms with Gasteiger partial charge in [-0.25, -0.2) is 4.98 Å². The number of rotatable bonds is 9. The van der Waals surface area contributed by atoms with Crippen LogP contribution in [0.15, 0.2) is 76.0 Å². The fourth-order valence-corrected chi connectivity index (χ4v) is 4.49. The van der Waals surface area contributed by atoms with Crippen LogP contribution in [0.25, 0.3) is 22.6 Å². The topological polar surface area (TPSA) is 61.6 Å². The zero-order valence-corrected chi connectivity index (χ0v) is 22.0. The fraction of sp³-hybridized carbons (Fsp3) is 0.267. The van der Waals surface area contributed by atoms with E-state index in [1.807, 2.05) is 62.4 Å². The lowest BCUT2D eigenvalue weighted by Crippen LogP contribution is -2.09. The second-order valence-corrected chi connectivity index (χ2v) is 9.42. The molecule has 0 saturated heterocycles. The second kappa shape index (κ2) is 11.5. The molecular weight excluding hydrogens is 470 g/mol. The summed E-state index contributed by atoms with van der Waals surface area (Å²) < 4.78 is 16.8. The van der Waals surface area contributed by atoms with Crippen LogP contribution >= 0.6 is 12.6 Å². The summed E-state index contributed by atoms with van der Waals surface area (Å²) in [5.74, 6) is 1.95. The number of aromatic nitrogens is 1. The minimum atomic E-state index is -0.205. The highest BCUT2D eigenvalue weighted by molar-refractivity contribution is 7.80. The molecule has 4 aromatic rings. The van der Waals surface area contributed by atoms with Crippen LogP contribution in [0.3, 0.4) is 0 Å². The van der Waals surface area contributed by atoms with E-state index in [0.29, 0.717) is 25.3 Å². The first-order valence-corrected chi connectivity index (χ1v) is 12.5. The fourth-order valence-electron chi connectivity index (χ4n) is 4.18. The van der Waals surface area contributed by atoms with Crippen molar-refractivity contribution < 1.29 is 18.7 Å². The van der Waals surface area contributed by atoms with Gasteiger partial charge in [-0.3, -0.25) is 4.79 Å². The number of thiol groups is 1. The predicted molar refractivity (Wildman–Crippen MR) is 145 cm³/mol. The Labute approximate surface area is 217 Å². The van der Waals surface area contributed by atoms with Crippen LogP contribution in [0.1, 0.15) is 41.8 Å². The molecule has 5 nitrogen and oxygen atoms in total. The lowest BCUT2D eigenvalue weighted by atomic mass is 10.0. The average molecular weight is 502 g/mol. The summed E-state index contributed by atoms with van der Waals surface area (Å²) in [6.07, 6.45) is 1.01. The Kier molecular flexibility index (Phi) is 8.16. The smallest absolute Gasteiger partial charge is 0.305 e. The summed E-state index contributed by atoms with van der Waals surface area (Å²) in [5.41, 5.74) is 6.17. The van der Waals surface area contributed by atoms with E-state index in [9.17, 15) is 4.79 Å². The van der Waals surface area contributed by atoms with E-state index in [2.05, 4.69) is 25.1 Å². The Hall–Kier alpha value is -3.51. The van der Waals surface area contributed by atoms with E-state index < -0.39 is 0 Å². The molecule has 6 heteroatoms. The molecule has 0 N–H and O–H groups in total. The van der Waals surface area contributed by atoms with Gasteiger partial charge in [-0.1, -0.05) is 49.4 Å². The largest absolute Gasteiger partial charge is 0.493 e. The minimum absolute atomic E-state index is 0.0359. The number of nitrogens with zero attached hydrogens (tertiary/aromatic N) is 1. The zero-order valence-electron chi connectivity index (χ0n) is 21.1. The number of hydrogen-bond donors (Lipinski definition) is 1. The van der Waals surface area contributed by atoms with E-state index in [1.165, 1.54) is 7.11 Å². The van der Waals surface area contributed by atoms with Gasteiger partial charge in [0.15, 0.2) is 0 Å². The highest BCUT2D eigenvalue weighted by atomic mass is 32.1. The van der Waals surface area contributed by atoms with Crippen molar-refractivity contribution in [1.82, 2.24) is 4.98 Å². The van der Waals surface area contributed by atoms with Crippen molar-refractivity contribution in [2.24, 2.45) is 0 Å². The molecule has 1 heterocycles. The number of hydrogen-bond acceptors (Lipinski definition) is 6. The summed E-state index contributed by atoms with van der Waals surface area (Å²) in [7, 11) is 1.41. The van der Waals surface area contributed by atoms with Crippen LogP contribution < -0.4 is 4.74 Å². The lowest BCUT2D eigenvalue weighted by Gasteiger charge is -2.13. The lowest BCUT2D eigenvalue weighted by molar-refractivity contribution is -0.140. The molecule has 1 unspecified atom stereocenters.